The SMILES string of the molecule is CC[C@H](CNC(=O)[C@@H](C)OC(=O)c1cc([N+](=O)[O-])ccc1N)c1ccccc1. The highest BCUT2D eigenvalue weighted by molar-refractivity contribution is 5.97. The number of nitrogens with zero attached hydrogens (tertiary/aromatic N) is 1. The van der Waals surface area contributed by atoms with Crippen molar-refractivity contribution in [2.45, 2.75) is 32.3 Å². The van der Waals surface area contributed by atoms with Gasteiger partial charge in [0.2, 0.25) is 0 Å². The minimum Gasteiger partial charge on any atom is -0.449 e. The maximum absolute atomic E-state index is 12.3. The Balaban J connectivity index is 1.97. The van der Waals surface area contributed by atoms with Gasteiger partial charge in [-0.15, -0.1) is 0 Å². The van der Waals surface area contributed by atoms with Gasteiger partial charge in [-0.2, -0.15) is 0 Å². The topological polar surface area (TPSA) is 125 Å². The lowest BCUT2D eigenvalue weighted by atomic mass is 9.96. The summed E-state index contributed by atoms with van der Waals surface area (Å²) < 4.78 is 5.13. The number of rotatable bonds is 8. The Morgan fingerprint density at radius 3 is 2.50 bits per heavy atom. The van der Waals surface area contributed by atoms with Crippen LogP contribution >= 0.6 is 0 Å². The molecule has 0 unspecified atom stereocenters. The van der Waals surface area contributed by atoms with Gasteiger partial charge in [0.1, 0.15) is 0 Å². The van der Waals surface area contributed by atoms with Crippen molar-refractivity contribution in [3.8, 4) is 0 Å². The number of non-ortho nitro benzene ring substituents is 1. The zero-order chi connectivity index (χ0) is 20.7. The third-order valence-electron chi connectivity index (χ3n) is 4.41. The van der Waals surface area contributed by atoms with Gasteiger partial charge in [0.25, 0.3) is 11.6 Å². The number of hydrogen-bond acceptors (Lipinski definition) is 6. The molecule has 0 heterocycles. The second-order valence-electron chi connectivity index (χ2n) is 6.34. The molecule has 1 amide bonds. The number of hydrogen-bond donors (Lipinski definition) is 2. The summed E-state index contributed by atoms with van der Waals surface area (Å²) >= 11 is 0. The standard InChI is InChI=1S/C20H23N3O5/c1-3-14(15-7-5-4-6-8-15)12-22-19(24)13(2)28-20(25)17-11-16(23(26)27)9-10-18(17)21/h4-11,13-14H,3,12,21H2,1-2H3,(H,22,24)/t13-,14-/m1/s1. The van der Waals surface area contributed by atoms with Crippen molar-refractivity contribution >= 4 is 23.3 Å². The van der Waals surface area contributed by atoms with Crippen LogP contribution in [0.4, 0.5) is 11.4 Å². The number of anilines is 1. The van der Waals surface area contributed by atoms with E-state index in [0.717, 1.165) is 18.1 Å². The van der Waals surface area contributed by atoms with Crippen LogP contribution in [0.15, 0.2) is 48.5 Å². The van der Waals surface area contributed by atoms with Crippen LogP contribution in [0, 0.1) is 10.1 Å². The minimum atomic E-state index is -1.07. The Morgan fingerprint density at radius 1 is 1.21 bits per heavy atom. The lowest BCUT2D eigenvalue weighted by Crippen LogP contribution is -2.38. The summed E-state index contributed by atoms with van der Waals surface area (Å²) in [5.41, 5.74) is 6.42. The predicted molar refractivity (Wildman–Crippen MR) is 105 cm³/mol. The van der Waals surface area contributed by atoms with Gasteiger partial charge in [0.05, 0.1) is 10.5 Å². The van der Waals surface area contributed by atoms with E-state index in [0.29, 0.717) is 6.54 Å². The molecule has 3 N–H and O–H groups in total. The van der Waals surface area contributed by atoms with E-state index < -0.39 is 22.9 Å². The van der Waals surface area contributed by atoms with Crippen LogP contribution in [-0.4, -0.2) is 29.4 Å². The second kappa shape index (κ2) is 9.50. The molecule has 148 valence electrons. The van der Waals surface area contributed by atoms with E-state index in [1.165, 1.54) is 19.1 Å². The Morgan fingerprint density at radius 2 is 1.89 bits per heavy atom. The number of nitrogens with two attached hydrogens (primary N) is 1. The van der Waals surface area contributed by atoms with Crippen LogP contribution in [0.1, 0.15) is 42.1 Å². The molecule has 0 bridgehead atoms. The molecular formula is C20H23N3O5. The number of benzene rings is 2. The molecule has 0 aliphatic heterocycles. The Labute approximate surface area is 162 Å². The molecule has 8 heteroatoms. The molecule has 0 saturated heterocycles. The third kappa shape index (κ3) is 5.29. The Bertz CT molecular complexity index is 854. The zero-order valence-corrected chi connectivity index (χ0v) is 15.8. The predicted octanol–water partition coefficient (Wildman–Crippen LogP) is 3.03. The first-order valence-electron chi connectivity index (χ1n) is 8.91. The van der Waals surface area contributed by atoms with E-state index in [4.69, 9.17) is 10.5 Å². The summed E-state index contributed by atoms with van der Waals surface area (Å²) in [6, 6.07) is 13.3. The molecule has 2 aromatic rings. The van der Waals surface area contributed by atoms with E-state index >= 15 is 0 Å². The molecule has 0 radical (unpaired) electrons. The number of nitro benzene ring substituents is 1. The van der Waals surface area contributed by atoms with Crippen molar-refractivity contribution in [3.05, 3.63) is 69.8 Å². The van der Waals surface area contributed by atoms with Gasteiger partial charge in [-0.05, 0) is 25.0 Å². The highest BCUT2D eigenvalue weighted by Crippen LogP contribution is 2.21. The van der Waals surface area contributed by atoms with Gasteiger partial charge in [-0.25, -0.2) is 4.79 Å². The zero-order valence-electron chi connectivity index (χ0n) is 15.8. The number of nitrogens with one attached hydrogen (secondary N) is 1. The summed E-state index contributed by atoms with van der Waals surface area (Å²) in [5.74, 6) is -1.20. The number of carbonyl (C=O) groups is 2. The first kappa shape index (κ1) is 20.9. The highest BCUT2D eigenvalue weighted by atomic mass is 16.6. The molecule has 0 aliphatic carbocycles. The van der Waals surface area contributed by atoms with Gasteiger partial charge in [-0.3, -0.25) is 14.9 Å². The molecule has 0 fully saturated rings. The van der Waals surface area contributed by atoms with Gasteiger partial charge in [0.15, 0.2) is 6.10 Å². The summed E-state index contributed by atoms with van der Waals surface area (Å²) in [5, 5.41) is 13.6. The average Bonchev–Trinajstić information content (AvgIpc) is 2.69. The van der Waals surface area contributed by atoms with Crippen LogP contribution < -0.4 is 11.1 Å². The molecule has 28 heavy (non-hydrogen) atoms. The summed E-state index contributed by atoms with van der Waals surface area (Å²) in [6.45, 7) is 3.86. The number of amides is 1. The molecule has 8 nitrogen and oxygen atoms in total. The highest BCUT2D eigenvalue weighted by Gasteiger charge is 2.23. The van der Waals surface area contributed by atoms with Crippen molar-refractivity contribution in [3.63, 3.8) is 0 Å². The Kier molecular flexibility index (Phi) is 7.08. The largest absolute Gasteiger partial charge is 0.449 e. The van der Waals surface area contributed by atoms with E-state index in [1.54, 1.807) is 0 Å². The van der Waals surface area contributed by atoms with Crippen molar-refractivity contribution in [1.82, 2.24) is 5.32 Å². The number of carbonyl (C=O) groups excluding carboxylic acids is 2. The molecule has 0 aromatic heterocycles. The minimum absolute atomic E-state index is 0.0401. The van der Waals surface area contributed by atoms with Crippen molar-refractivity contribution in [2.24, 2.45) is 0 Å². The monoisotopic (exact) mass is 385 g/mol. The fourth-order valence-electron chi connectivity index (χ4n) is 2.70. The number of ether oxygens (including phenoxy) is 1. The Hall–Kier alpha value is -3.42. The van der Waals surface area contributed by atoms with Gasteiger partial charge in [-0.1, -0.05) is 37.3 Å². The smallest absolute Gasteiger partial charge is 0.341 e. The molecular weight excluding hydrogens is 362 g/mol. The molecule has 0 aliphatic rings. The number of esters is 1. The first-order valence-corrected chi connectivity index (χ1v) is 8.91. The fraction of sp³-hybridized carbons (Fsp3) is 0.300. The van der Waals surface area contributed by atoms with E-state index in [9.17, 15) is 19.7 Å². The van der Waals surface area contributed by atoms with Gasteiger partial charge < -0.3 is 15.8 Å². The quantitative estimate of drug-likeness (QED) is 0.311. The maximum atomic E-state index is 12.3. The molecule has 2 rings (SSSR count). The van der Waals surface area contributed by atoms with Crippen LogP contribution in [0.5, 0.6) is 0 Å². The lowest BCUT2D eigenvalue weighted by Gasteiger charge is -2.18. The first-order chi connectivity index (χ1) is 13.3. The third-order valence-corrected chi connectivity index (χ3v) is 4.41. The molecule has 2 aromatic carbocycles. The summed E-state index contributed by atoms with van der Waals surface area (Å²) in [6.07, 6.45) is -0.234. The van der Waals surface area contributed by atoms with E-state index in [2.05, 4.69) is 5.32 Å². The number of nitrogen functional groups attached to an aromatic ring is 1. The van der Waals surface area contributed by atoms with Crippen molar-refractivity contribution < 1.29 is 19.2 Å². The average molecular weight is 385 g/mol. The normalized spacial score (nSPS) is 12.6. The van der Waals surface area contributed by atoms with E-state index in [1.807, 2.05) is 37.3 Å². The van der Waals surface area contributed by atoms with Crippen LogP contribution in [0.25, 0.3) is 0 Å². The second-order valence-corrected chi connectivity index (χ2v) is 6.34. The molecule has 0 saturated carbocycles. The van der Waals surface area contributed by atoms with Crippen LogP contribution in [-0.2, 0) is 9.53 Å². The summed E-state index contributed by atoms with van der Waals surface area (Å²) in [7, 11) is 0. The molecule has 2 atom stereocenters. The van der Waals surface area contributed by atoms with Crippen LogP contribution in [0.3, 0.4) is 0 Å². The van der Waals surface area contributed by atoms with E-state index in [-0.39, 0.29) is 22.9 Å². The number of nitro groups is 1. The van der Waals surface area contributed by atoms with Crippen LogP contribution in [0.2, 0.25) is 0 Å². The molecule has 0 spiro atoms. The van der Waals surface area contributed by atoms with Crippen molar-refractivity contribution in [1.29, 1.82) is 0 Å². The summed E-state index contributed by atoms with van der Waals surface area (Å²) in [4.78, 5) is 34.8. The maximum Gasteiger partial charge on any atom is 0.341 e. The fourth-order valence-corrected chi connectivity index (χ4v) is 2.70. The van der Waals surface area contributed by atoms with Crippen molar-refractivity contribution in [2.75, 3.05) is 12.3 Å². The lowest BCUT2D eigenvalue weighted by molar-refractivity contribution is -0.384. The van der Waals surface area contributed by atoms with Gasteiger partial charge >= 0.3 is 5.97 Å². The van der Waals surface area contributed by atoms with Gasteiger partial charge in [0, 0.05) is 30.3 Å².